The fourth-order valence-corrected chi connectivity index (χ4v) is 4.93. The average molecular weight is 432 g/mol. The molecular formula is C19H14ClN3O3S2. The molecule has 0 aliphatic heterocycles. The summed E-state index contributed by atoms with van der Waals surface area (Å²) in [5, 5.41) is 0.881. The van der Waals surface area contributed by atoms with Crippen molar-refractivity contribution in [2.24, 2.45) is 4.99 Å². The molecule has 142 valence electrons. The van der Waals surface area contributed by atoms with E-state index in [0.29, 0.717) is 14.8 Å². The molecule has 2 heterocycles. The first kappa shape index (κ1) is 18.8. The number of methoxy groups -OCH3 is 1. The summed E-state index contributed by atoms with van der Waals surface area (Å²) in [6, 6.07) is 11.2. The third-order valence-electron chi connectivity index (χ3n) is 4.22. The number of nitrogens with zero attached hydrogens (tertiary/aromatic N) is 3. The Morgan fingerprint density at radius 2 is 1.96 bits per heavy atom. The number of esters is 1. The molecular weight excluding hydrogens is 418 g/mol. The lowest BCUT2D eigenvalue weighted by Crippen LogP contribution is -2.22. The highest BCUT2D eigenvalue weighted by atomic mass is 35.5. The zero-order valence-electron chi connectivity index (χ0n) is 14.9. The molecule has 2 aromatic heterocycles. The van der Waals surface area contributed by atoms with E-state index in [4.69, 9.17) is 16.3 Å². The number of hydrogen-bond acceptors (Lipinski definition) is 6. The first-order chi connectivity index (χ1) is 13.5. The summed E-state index contributed by atoms with van der Waals surface area (Å²) in [5.74, 6) is -0.886. The van der Waals surface area contributed by atoms with Gasteiger partial charge >= 0.3 is 11.9 Å². The van der Waals surface area contributed by atoms with Crippen LogP contribution in [-0.2, 0) is 16.1 Å². The number of fused-ring (bicyclic) bond motifs is 2. The molecule has 0 aliphatic rings. The van der Waals surface area contributed by atoms with Crippen molar-refractivity contribution in [2.75, 3.05) is 7.11 Å². The van der Waals surface area contributed by atoms with Crippen LogP contribution < -0.4 is 4.80 Å². The van der Waals surface area contributed by atoms with Crippen molar-refractivity contribution >= 4 is 66.6 Å². The van der Waals surface area contributed by atoms with Gasteiger partial charge in [0.2, 0.25) is 0 Å². The van der Waals surface area contributed by atoms with Gasteiger partial charge in [-0.3, -0.25) is 9.59 Å². The van der Waals surface area contributed by atoms with Crippen molar-refractivity contribution in [3.8, 4) is 0 Å². The van der Waals surface area contributed by atoms with Crippen molar-refractivity contribution in [2.45, 2.75) is 13.5 Å². The second-order valence-electron chi connectivity index (χ2n) is 5.97. The Morgan fingerprint density at radius 1 is 1.18 bits per heavy atom. The zero-order valence-corrected chi connectivity index (χ0v) is 17.3. The molecule has 4 rings (SSSR count). The normalized spacial score (nSPS) is 12.0. The van der Waals surface area contributed by atoms with E-state index in [2.05, 4.69) is 9.98 Å². The summed E-state index contributed by atoms with van der Waals surface area (Å²) in [4.78, 5) is 33.7. The van der Waals surface area contributed by atoms with E-state index < -0.39 is 11.9 Å². The predicted octanol–water partition coefficient (Wildman–Crippen LogP) is 4.19. The molecule has 0 saturated carbocycles. The van der Waals surface area contributed by atoms with Gasteiger partial charge in [-0.1, -0.05) is 35.1 Å². The average Bonchev–Trinajstić information content (AvgIpc) is 3.27. The van der Waals surface area contributed by atoms with E-state index in [0.717, 1.165) is 26.0 Å². The van der Waals surface area contributed by atoms with Crippen molar-refractivity contribution in [1.82, 2.24) is 9.55 Å². The monoisotopic (exact) mass is 431 g/mol. The quantitative estimate of drug-likeness (QED) is 0.456. The third-order valence-corrected chi connectivity index (χ3v) is 6.70. The Kier molecular flexibility index (Phi) is 5.01. The molecule has 4 aromatic rings. The minimum atomic E-state index is -0.449. The summed E-state index contributed by atoms with van der Waals surface area (Å²) in [7, 11) is 1.32. The van der Waals surface area contributed by atoms with Gasteiger partial charge in [0, 0.05) is 5.02 Å². The standard InChI is InChI=1S/C19H14ClN3O3S2/c1-10-11(20)7-8-14-16(10)23(9-15(24)26-2)19(28-14)22-17(25)18-21-12-5-3-4-6-13(12)27-18/h3-8H,9H2,1-2H3. The van der Waals surface area contributed by atoms with Crippen molar-refractivity contribution in [3.63, 3.8) is 0 Å². The minimum Gasteiger partial charge on any atom is -0.468 e. The number of benzene rings is 2. The number of carbonyl (C=O) groups is 2. The van der Waals surface area contributed by atoms with Gasteiger partial charge in [0.25, 0.3) is 0 Å². The molecule has 0 fully saturated rings. The highest BCUT2D eigenvalue weighted by Crippen LogP contribution is 2.27. The number of ether oxygens (including phenoxy) is 1. The highest BCUT2D eigenvalue weighted by Gasteiger charge is 2.17. The topological polar surface area (TPSA) is 73.6 Å². The number of hydrogen-bond donors (Lipinski definition) is 0. The molecule has 6 nitrogen and oxygen atoms in total. The molecule has 0 spiro atoms. The fraction of sp³-hybridized carbons (Fsp3) is 0.158. The van der Waals surface area contributed by atoms with Crippen LogP contribution in [0.2, 0.25) is 5.02 Å². The van der Waals surface area contributed by atoms with Gasteiger partial charge in [-0.25, -0.2) is 4.98 Å². The number of carbonyl (C=O) groups excluding carboxylic acids is 2. The summed E-state index contributed by atoms with van der Waals surface area (Å²) in [5.41, 5.74) is 2.33. The van der Waals surface area contributed by atoms with Gasteiger partial charge in [-0.15, -0.1) is 11.3 Å². The molecule has 2 aromatic carbocycles. The Morgan fingerprint density at radius 3 is 2.71 bits per heavy atom. The fourth-order valence-electron chi connectivity index (χ4n) is 2.84. The van der Waals surface area contributed by atoms with Crippen LogP contribution in [0.15, 0.2) is 41.4 Å². The third kappa shape index (κ3) is 3.34. The maximum absolute atomic E-state index is 12.8. The molecule has 0 atom stereocenters. The largest absolute Gasteiger partial charge is 0.468 e. The molecule has 0 aliphatic carbocycles. The van der Waals surface area contributed by atoms with Crippen LogP contribution >= 0.6 is 34.3 Å². The highest BCUT2D eigenvalue weighted by molar-refractivity contribution is 7.20. The molecule has 1 amide bonds. The summed E-state index contributed by atoms with van der Waals surface area (Å²) < 4.78 is 8.26. The molecule has 0 radical (unpaired) electrons. The van der Waals surface area contributed by atoms with E-state index in [9.17, 15) is 9.59 Å². The summed E-state index contributed by atoms with van der Waals surface area (Å²) >= 11 is 8.86. The van der Waals surface area contributed by atoms with Gasteiger partial charge in [0.1, 0.15) is 6.54 Å². The molecule has 0 saturated heterocycles. The lowest BCUT2D eigenvalue weighted by molar-refractivity contribution is -0.141. The van der Waals surface area contributed by atoms with Gasteiger partial charge < -0.3 is 9.30 Å². The van der Waals surface area contributed by atoms with E-state index in [1.807, 2.05) is 37.3 Å². The Balaban J connectivity index is 1.88. The van der Waals surface area contributed by atoms with Gasteiger partial charge in [-0.05, 0) is 36.8 Å². The Labute approximate surface area is 172 Å². The van der Waals surface area contributed by atoms with Crippen LogP contribution in [0.5, 0.6) is 0 Å². The second kappa shape index (κ2) is 7.46. The number of aryl methyl sites for hydroxylation is 1. The van der Waals surface area contributed by atoms with Crippen LogP contribution in [0.25, 0.3) is 20.4 Å². The second-order valence-corrected chi connectivity index (χ2v) is 8.42. The zero-order chi connectivity index (χ0) is 19.8. The molecule has 28 heavy (non-hydrogen) atoms. The number of rotatable bonds is 3. The molecule has 0 bridgehead atoms. The first-order valence-electron chi connectivity index (χ1n) is 8.28. The van der Waals surface area contributed by atoms with Crippen LogP contribution in [0, 0.1) is 6.92 Å². The number of halogens is 1. The molecule has 0 unspecified atom stereocenters. The number of amides is 1. The van der Waals surface area contributed by atoms with E-state index in [-0.39, 0.29) is 6.54 Å². The van der Waals surface area contributed by atoms with E-state index in [1.165, 1.54) is 29.8 Å². The van der Waals surface area contributed by atoms with Crippen molar-refractivity contribution < 1.29 is 14.3 Å². The Bertz CT molecular complexity index is 1270. The predicted molar refractivity (Wildman–Crippen MR) is 111 cm³/mol. The van der Waals surface area contributed by atoms with Crippen LogP contribution in [0.4, 0.5) is 0 Å². The van der Waals surface area contributed by atoms with Crippen LogP contribution in [0.3, 0.4) is 0 Å². The lowest BCUT2D eigenvalue weighted by Gasteiger charge is -2.06. The van der Waals surface area contributed by atoms with Crippen molar-refractivity contribution in [3.05, 3.63) is 56.8 Å². The number of para-hydroxylation sites is 1. The minimum absolute atomic E-state index is 0.0658. The number of thiazole rings is 2. The summed E-state index contributed by atoms with van der Waals surface area (Å²) in [6.07, 6.45) is 0. The van der Waals surface area contributed by atoms with Crippen molar-refractivity contribution in [1.29, 1.82) is 0 Å². The summed E-state index contributed by atoms with van der Waals surface area (Å²) in [6.45, 7) is 1.80. The van der Waals surface area contributed by atoms with Crippen LogP contribution in [-0.4, -0.2) is 28.5 Å². The molecule has 9 heteroatoms. The van der Waals surface area contributed by atoms with Gasteiger partial charge in [-0.2, -0.15) is 4.99 Å². The van der Waals surface area contributed by atoms with Gasteiger partial charge in [0.05, 0.1) is 27.5 Å². The SMILES string of the molecule is COC(=O)Cn1c(=NC(=O)c2nc3ccccc3s2)sc2ccc(Cl)c(C)c21. The first-order valence-corrected chi connectivity index (χ1v) is 10.3. The van der Waals surface area contributed by atoms with Crippen LogP contribution in [0.1, 0.15) is 15.4 Å². The Hall–Kier alpha value is -2.55. The van der Waals surface area contributed by atoms with E-state index >= 15 is 0 Å². The van der Waals surface area contributed by atoms with E-state index in [1.54, 1.807) is 10.6 Å². The maximum atomic E-state index is 12.8. The lowest BCUT2D eigenvalue weighted by atomic mass is 10.2. The number of aromatic nitrogens is 2. The van der Waals surface area contributed by atoms with Gasteiger partial charge in [0.15, 0.2) is 9.81 Å². The maximum Gasteiger partial charge on any atom is 0.325 e. The smallest absolute Gasteiger partial charge is 0.325 e. The molecule has 0 N–H and O–H groups in total.